The highest BCUT2D eigenvalue weighted by molar-refractivity contribution is 5.47. The summed E-state index contributed by atoms with van der Waals surface area (Å²) < 4.78 is 27.1. The molecule has 0 radical (unpaired) electrons. The summed E-state index contributed by atoms with van der Waals surface area (Å²) in [5.41, 5.74) is 2.41. The Hall–Kier alpha value is -1.42. The second-order valence-electron chi connectivity index (χ2n) is 5.36. The molecule has 110 valence electrons. The van der Waals surface area contributed by atoms with E-state index in [1.165, 1.54) is 17.3 Å². The second-order valence-corrected chi connectivity index (χ2v) is 5.36. The first-order valence-corrected chi connectivity index (χ1v) is 7.06. The lowest BCUT2D eigenvalue weighted by molar-refractivity contribution is 0.0119. The van der Waals surface area contributed by atoms with E-state index >= 15 is 0 Å². The maximum atomic E-state index is 13.5. The molecule has 1 saturated heterocycles. The van der Waals surface area contributed by atoms with Crippen LogP contribution in [0.3, 0.4) is 0 Å². The van der Waals surface area contributed by atoms with Gasteiger partial charge in [0, 0.05) is 31.9 Å². The molecule has 0 aliphatic carbocycles. The SMILES string of the molecule is CC=CC(F)(F)CN1CCN(c2ccc(C)cc2)CC1. The average Bonchev–Trinajstić information content (AvgIpc) is 2.40. The fraction of sp³-hybridized carbons (Fsp3) is 0.500. The Labute approximate surface area is 119 Å². The van der Waals surface area contributed by atoms with Gasteiger partial charge in [0.2, 0.25) is 0 Å². The van der Waals surface area contributed by atoms with Crippen molar-refractivity contribution in [1.29, 1.82) is 0 Å². The fourth-order valence-corrected chi connectivity index (χ4v) is 2.51. The molecule has 2 nitrogen and oxygen atoms in total. The van der Waals surface area contributed by atoms with Crippen molar-refractivity contribution in [3.8, 4) is 0 Å². The molecule has 0 spiro atoms. The third-order valence-corrected chi connectivity index (χ3v) is 3.62. The van der Waals surface area contributed by atoms with Crippen LogP contribution in [0.4, 0.5) is 14.5 Å². The van der Waals surface area contributed by atoms with Gasteiger partial charge >= 0.3 is 0 Å². The molecule has 1 heterocycles. The number of hydrogen-bond acceptors (Lipinski definition) is 2. The van der Waals surface area contributed by atoms with Crippen LogP contribution < -0.4 is 4.90 Å². The highest BCUT2D eigenvalue weighted by atomic mass is 19.3. The van der Waals surface area contributed by atoms with Crippen molar-refractivity contribution < 1.29 is 8.78 Å². The minimum Gasteiger partial charge on any atom is -0.369 e. The van der Waals surface area contributed by atoms with Gasteiger partial charge in [0.25, 0.3) is 5.92 Å². The minimum absolute atomic E-state index is 0.181. The highest BCUT2D eigenvalue weighted by Crippen LogP contribution is 2.21. The molecule has 1 aliphatic heterocycles. The van der Waals surface area contributed by atoms with Crippen molar-refractivity contribution in [2.45, 2.75) is 19.8 Å². The molecule has 1 fully saturated rings. The molecule has 1 aromatic rings. The van der Waals surface area contributed by atoms with Crippen LogP contribution in [0.1, 0.15) is 12.5 Å². The van der Waals surface area contributed by atoms with E-state index in [4.69, 9.17) is 0 Å². The Morgan fingerprint density at radius 2 is 1.70 bits per heavy atom. The maximum absolute atomic E-state index is 13.5. The van der Waals surface area contributed by atoms with Gasteiger partial charge in [-0.15, -0.1) is 0 Å². The highest BCUT2D eigenvalue weighted by Gasteiger charge is 2.29. The van der Waals surface area contributed by atoms with Crippen LogP contribution in [-0.2, 0) is 0 Å². The van der Waals surface area contributed by atoms with E-state index < -0.39 is 5.92 Å². The zero-order valence-electron chi connectivity index (χ0n) is 12.1. The number of alkyl halides is 2. The average molecular weight is 280 g/mol. The molecule has 0 bridgehead atoms. The predicted molar refractivity (Wildman–Crippen MR) is 79.6 cm³/mol. The number of halogens is 2. The fourth-order valence-electron chi connectivity index (χ4n) is 2.51. The van der Waals surface area contributed by atoms with Crippen LogP contribution in [-0.4, -0.2) is 43.5 Å². The molecule has 1 aliphatic rings. The summed E-state index contributed by atoms with van der Waals surface area (Å²) in [5, 5.41) is 0. The number of allylic oxidation sites excluding steroid dienone is 1. The third kappa shape index (κ3) is 4.04. The van der Waals surface area contributed by atoms with Gasteiger partial charge in [0.1, 0.15) is 0 Å². The number of piperazine rings is 1. The first-order valence-electron chi connectivity index (χ1n) is 7.06. The van der Waals surface area contributed by atoms with Gasteiger partial charge in [-0.3, -0.25) is 4.90 Å². The molecule has 0 unspecified atom stereocenters. The standard InChI is InChI=1S/C16H22F2N2/c1-3-8-16(17,18)13-19-9-11-20(12-10-19)15-6-4-14(2)5-7-15/h3-8H,9-13H2,1-2H3. The zero-order valence-corrected chi connectivity index (χ0v) is 12.1. The molecule has 1 aromatic carbocycles. The van der Waals surface area contributed by atoms with Crippen LogP contribution in [0.25, 0.3) is 0 Å². The van der Waals surface area contributed by atoms with Crippen LogP contribution in [0.2, 0.25) is 0 Å². The summed E-state index contributed by atoms with van der Waals surface area (Å²) in [7, 11) is 0. The molecular formula is C16H22F2N2. The topological polar surface area (TPSA) is 6.48 Å². The number of nitrogens with zero attached hydrogens (tertiary/aromatic N) is 2. The second kappa shape index (κ2) is 6.35. The van der Waals surface area contributed by atoms with Gasteiger partial charge < -0.3 is 4.90 Å². The Morgan fingerprint density at radius 3 is 2.25 bits per heavy atom. The van der Waals surface area contributed by atoms with E-state index in [1.807, 2.05) is 4.90 Å². The summed E-state index contributed by atoms with van der Waals surface area (Å²) in [5.74, 6) is -2.72. The smallest absolute Gasteiger partial charge is 0.278 e. The summed E-state index contributed by atoms with van der Waals surface area (Å²) in [6, 6.07) is 8.36. The third-order valence-electron chi connectivity index (χ3n) is 3.62. The monoisotopic (exact) mass is 280 g/mol. The van der Waals surface area contributed by atoms with Gasteiger partial charge in [-0.1, -0.05) is 23.8 Å². The van der Waals surface area contributed by atoms with Gasteiger partial charge in [-0.05, 0) is 32.1 Å². The Morgan fingerprint density at radius 1 is 1.10 bits per heavy atom. The van der Waals surface area contributed by atoms with Crippen molar-refractivity contribution in [3.05, 3.63) is 42.0 Å². The molecule has 4 heteroatoms. The molecule has 0 amide bonds. The zero-order chi connectivity index (χ0) is 14.6. The van der Waals surface area contributed by atoms with Gasteiger partial charge in [-0.2, -0.15) is 0 Å². The quantitative estimate of drug-likeness (QED) is 0.781. The molecule has 20 heavy (non-hydrogen) atoms. The van der Waals surface area contributed by atoms with Crippen molar-refractivity contribution in [2.24, 2.45) is 0 Å². The number of hydrogen-bond donors (Lipinski definition) is 0. The van der Waals surface area contributed by atoms with Crippen LogP contribution in [0.15, 0.2) is 36.4 Å². The largest absolute Gasteiger partial charge is 0.369 e. The van der Waals surface area contributed by atoms with E-state index in [1.54, 1.807) is 6.92 Å². The van der Waals surface area contributed by atoms with Crippen LogP contribution in [0, 0.1) is 6.92 Å². The summed E-state index contributed by atoms with van der Waals surface area (Å²) >= 11 is 0. The first-order chi connectivity index (χ1) is 9.50. The molecule has 0 saturated carbocycles. The predicted octanol–water partition coefficient (Wildman–Crippen LogP) is 3.33. The maximum Gasteiger partial charge on any atom is 0.278 e. The minimum atomic E-state index is -2.72. The van der Waals surface area contributed by atoms with E-state index in [2.05, 4.69) is 36.1 Å². The van der Waals surface area contributed by atoms with Crippen LogP contribution in [0.5, 0.6) is 0 Å². The molecule has 0 aromatic heterocycles. The first kappa shape index (κ1) is 15.0. The number of anilines is 1. The van der Waals surface area contributed by atoms with E-state index in [0.717, 1.165) is 19.2 Å². The molecule has 0 N–H and O–H groups in total. The van der Waals surface area contributed by atoms with Crippen molar-refractivity contribution in [1.82, 2.24) is 4.90 Å². The molecule has 0 atom stereocenters. The molecular weight excluding hydrogens is 258 g/mol. The van der Waals surface area contributed by atoms with Gasteiger partial charge in [0.05, 0.1) is 6.54 Å². The van der Waals surface area contributed by atoms with Crippen LogP contribution >= 0.6 is 0 Å². The summed E-state index contributed by atoms with van der Waals surface area (Å²) in [6.07, 6.45) is 2.40. The Kier molecular flexibility index (Phi) is 4.76. The normalized spacial score (nSPS) is 17.9. The van der Waals surface area contributed by atoms with Crippen molar-refractivity contribution in [2.75, 3.05) is 37.6 Å². The number of benzene rings is 1. The van der Waals surface area contributed by atoms with E-state index in [-0.39, 0.29) is 6.54 Å². The van der Waals surface area contributed by atoms with E-state index in [0.29, 0.717) is 13.1 Å². The lowest BCUT2D eigenvalue weighted by Gasteiger charge is -2.37. The number of aryl methyl sites for hydroxylation is 1. The Bertz CT molecular complexity index is 446. The summed E-state index contributed by atoms with van der Waals surface area (Å²) in [4.78, 5) is 4.09. The van der Waals surface area contributed by atoms with Crippen molar-refractivity contribution >= 4 is 5.69 Å². The van der Waals surface area contributed by atoms with Gasteiger partial charge in [0.15, 0.2) is 0 Å². The van der Waals surface area contributed by atoms with Crippen molar-refractivity contribution in [3.63, 3.8) is 0 Å². The molecule has 2 rings (SSSR count). The lowest BCUT2D eigenvalue weighted by atomic mass is 10.2. The lowest BCUT2D eigenvalue weighted by Crippen LogP contribution is -2.49. The van der Waals surface area contributed by atoms with Gasteiger partial charge in [-0.25, -0.2) is 8.78 Å². The number of rotatable bonds is 4. The van der Waals surface area contributed by atoms with E-state index in [9.17, 15) is 8.78 Å². The Balaban J connectivity index is 1.88. The summed E-state index contributed by atoms with van der Waals surface area (Å²) in [6.45, 7) is 6.47.